The Balaban J connectivity index is 3.42. The predicted molar refractivity (Wildman–Crippen MR) is 55.8 cm³/mol. The van der Waals surface area contributed by atoms with Crippen LogP contribution in [-0.2, 0) is 0 Å². The predicted octanol–water partition coefficient (Wildman–Crippen LogP) is 2.08. The van der Waals surface area contributed by atoms with E-state index in [0.717, 1.165) is 19.4 Å². The van der Waals surface area contributed by atoms with Gasteiger partial charge in [0.05, 0.1) is 0 Å². The number of nitrogens with zero attached hydrogens (tertiary/aromatic N) is 1. The minimum Gasteiger partial charge on any atom is -0.338 e. The number of amides is 2. The largest absolute Gasteiger partial charge is 0.338 e. The summed E-state index contributed by atoms with van der Waals surface area (Å²) in [6.45, 7) is 7.40. The summed E-state index contributed by atoms with van der Waals surface area (Å²) >= 11 is 0. The van der Waals surface area contributed by atoms with Crippen LogP contribution in [0.4, 0.5) is 4.79 Å². The lowest BCUT2D eigenvalue weighted by Gasteiger charge is -2.18. The van der Waals surface area contributed by atoms with E-state index >= 15 is 0 Å². The minimum atomic E-state index is -0.00564. The number of nitrogens with one attached hydrogen (secondary N) is 1. The number of urea groups is 1. The van der Waals surface area contributed by atoms with Gasteiger partial charge in [-0.25, -0.2) is 4.79 Å². The summed E-state index contributed by atoms with van der Waals surface area (Å²) in [5.74, 6) is 0. The van der Waals surface area contributed by atoms with Gasteiger partial charge in [0.2, 0.25) is 0 Å². The van der Waals surface area contributed by atoms with Crippen molar-refractivity contribution in [3.8, 4) is 0 Å². The van der Waals surface area contributed by atoms with Gasteiger partial charge in [0, 0.05) is 20.6 Å². The fraction of sp³-hybridized carbons (Fsp3) is 0.900. The van der Waals surface area contributed by atoms with E-state index in [1.807, 2.05) is 0 Å². The zero-order valence-corrected chi connectivity index (χ0v) is 9.48. The van der Waals surface area contributed by atoms with E-state index < -0.39 is 0 Å². The quantitative estimate of drug-likeness (QED) is 0.672. The van der Waals surface area contributed by atoms with Crippen LogP contribution in [0, 0.1) is 5.41 Å². The number of carbonyl (C=O) groups excluding carboxylic acids is 1. The van der Waals surface area contributed by atoms with Gasteiger partial charge >= 0.3 is 6.03 Å². The Morgan fingerprint density at radius 2 is 1.85 bits per heavy atom. The van der Waals surface area contributed by atoms with E-state index in [0.29, 0.717) is 5.41 Å². The van der Waals surface area contributed by atoms with E-state index in [4.69, 9.17) is 0 Å². The van der Waals surface area contributed by atoms with Crippen molar-refractivity contribution in [2.24, 2.45) is 5.41 Å². The molecule has 0 aliphatic heterocycles. The molecule has 2 amide bonds. The third-order valence-corrected chi connectivity index (χ3v) is 1.79. The first-order valence-corrected chi connectivity index (χ1v) is 4.78. The molecule has 0 unspecified atom stereocenters. The van der Waals surface area contributed by atoms with Crippen LogP contribution in [-0.4, -0.2) is 31.6 Å². The van der Waals surface area contributed by atoms with Crippen LogP contribution in [0.2, 0.25) is 0 Å². The molecule has 0 heterocycles. The molecule has 0 aromatic carbocycles. The maximum absolute atomic E-state index is 11.1. The van der Waals surface area contributed by atoms with Gasteiger partial charge in [0.1, 0.15) is 0 Å². The Hall–Kier alpha value is -0.730. The zero-order valence-electron chi connectivity index (χ0n) is 9.48. The maximum atomic E-state index is 11.1. The van der Waals surface area contributed by atoms with Crippen molar-refractivity contribution < 1.29 is 4.79 Å². The van der Waals surface area contributed by atoms with Gasteiger partial charge in [0.15, 0.2) is 0 Å². The molecule has 3 heteroatoms. The van der Waals surface area contributed by atoms with Crippen molar-refractivity contribution in [2.75, 3.05) is 20.6 Å². The van der Waals surface area contributed by atoms with E-state index in [2.05, 4.69) is 26.1 Å². The minimum absolute atomic E-state index is 0.00564. The Kier molecular flexibility index (Phi) is 4.81. The van der Waals surface area contributed by atoms with E-state index in [-0.39, 0.29) is 6.03 Å². The molecule has 0 atom stereocenters. The van der Waals surface area contributed by atoms with Crippen LogP contribution in [0.3, 0.4) is 0 Å². The van der Waals surface area contributed by atoms with Gasteiger partial charge in [-0.1, -0.05) is 20.8 Å². The molecule has 1 N–H and O–H groups in total. The van der Waals surface area contributed by atoms with E-state index in [9.17, 15) is 4.79 Å². The molecule has 0 saturated carbocycles. The Bertz CT molecular complexity index is 159. The Morgan fingerprint density at radius 3 is 2.23 bits per heavy atom. The second kappa shape index (κ2) is 5.10. The van der Waals surface area contributed by atoms with Gasteiger partial charge < -0.3 is 10.2 Å². The molecule has 0 aliphatic carbocycles. The highest BCUT2D eigenvalue weighted by atomic mass is 16.2. The second-order valence-electron chi connectivity index (χ2n) is 4.79. The summed E-state index contributed by atoms with van der Waals surface area (Å²) in [7, 11) is 3.50. The second-order valence-corrected chi connectivity index (χ2v) is 4.79. The first kappa shape index (κ1) is 12.3. The van der Waals surface area contributed by atoms with Crippen molar-refractivity contribution in [3.63, 3.8) is 0 Å². The molecule has 0 fully saturated rings. The normalized spacial score (nSPS) is 11.2. The topological polar surface area (TPSA) is 32.3 Å². The van der Waals surface area contributed by atoms with Crippen LogP contribution in [0.25, 0.3) is 0 Å². The third-order valence-electron chi connectivity index (χ3n) is 1.79. The molecule has 3 nitrogen and oxygen atoms in total. The van der Waals surface area contributed by atoms with Crippen LogP contribution < -0.4 is 5.32 Å². The molecule has 0 bridgehead atoms. The zero-order chi connectivity index (χ0) is 10.5. The molecule has 0 spiro atoms. The van der Waals surface area contributed by atoms with Gasteiger partial charge in [-0.2, -0.15) is 0 Å². The summed E-state index contributed by atoms with van der Waals surface area (Å²) in [6, 6.07) is -0.00564. The highest BCUT2D eigenvalue weighted by Gasteiger charge is 2.09. The Morgan fingerprint density at radius 1 is 1.31 bits per heavy atom. The van der Waals surface area contributed by atoms with Crippen LogP contribution >= 0.6 is 0 Å². The Labute approximate surface area is 81.5 Å². The molecule has 0 saturated heterocycles. The SMILES string of the molecule is CN(C)C(=O)NCCCC(C)(C)C. The summed E-state index contributed by atoms with van der Waals surface area (Å²) < 4.78 is 0. The monoisotopic (exact) mass is 186 g/mol. The fourth-order valence-electron chi connectivity index (χ4n) is 0.972. The molecule has 0 aromatic rings. The molecule has 0 rings (SSSR count). The van der Waals surface area contributed by atoms with Crippen molar-refractivity contribution >= 4 is 6.03 Å². The summed E-state index contributed by atoms with van der Waals surface area (Å²) in [5, 5.41) is 2.84. The molecule has 78 valence electrons. The number of hydrogen-bond donors (Lipinski definition) is 1. The highest BCUT2D eigenvalue weighted by Crippen LogP contribution is 2.19. The highest BCUT2D eigenvalue weighted by molar-refractivity contribution is 5.73. The molecule has 0 aliphatic rings. The van der Waals surface area contributed by atoms with Gasteiger partial charge in [-0.05, 0) is 18.3 Å². The van der Waals surface area contributed by atoms with Crippen molar-refractivity contribution in [2.45, 2.75) is 33.6 Å². The summed E-state index contributed by atoms with van der Waals surface area (Å²) in [6.07, 6.45) is 2.18. The molecular formula is C10H22N2O. The molecule has 0 radical (unpaired) electrons. The number of rotatable bonds is 3. The van der Waals surface area contributed by atoms with Crippen LogP contribution in [0.5, 0.6) is 0 Å². The molecular weight excluding hydrogens is 164 g/mol. The van der Waals surface area contributed by atoms with Crippen molar-refractivity contribution in [1.29, 1.82) is 0 Å². The van der Waals surface area contributed by atoms with Gasteiger partial charge in [-0.15, -0.1) is 0 Å². The average Bonchev–Trinajstić information content (AvgIpc) is 1.95. The summed E-state index contributed by atoms with van der Waals surface area (Å²) in [4.78, 5) is 12.6. The fourth-order valence-corrected chi connectivity index (χ4v) is 0.972. The van der Waals surface area contributed by atoms with E-state index in [1.165, 1.54) is 0 Å². The van der Waals surface area contributed by atoms with Crippen LogP contribution in [0.15, 0.2) is 0 Å². The van der Waals surface area contributed by atoms with Crippen molar-refractivity contribution in [1.82, 2.24) is 10.2 Å². The lowest BCUT2D eigenvalue weighted by molar-refractivity contribution is 0.216. The lowest BCUT2D eigenvalue weighted by atomic mass is 9.91. The third kappa shape index (κ3) is 7.62. The smallest absolute Gasteiger partial charge is 0.316 e. The van der Waals surface area contributed by atoms with Gasteiger partial charge in [-0.3, -0.25) is 0 Å². The average molecular weight is 186 g/mol. The first-order chi connectivity index (χ1) is 5.83. The first-order valence-electron chi connectivity index (χ1n) is 4.78. The van der Waals surface area contributed by atoms with Gasteiger partial charge in [0.25, 0.3) is 0 Å². The number of carbonyl (C=O) groups is 1. The van der Waals surface area contributed by atoms with E-state index in [1.54, 1.807) is 19.0 Å². The van der Waals surface area contributed by atoms with Crippen LogP contribution in [0.1, 0.15) is 33.6 Å². The molecule has 0 aromatic heterocycles. The summed E-state index contributed by atoms with van der Waals surface area (Å²) in [5.41, 5.74) is 0.364. The van der Waals surface area contributed by atoms with Crippen molar-refractivity contribution in [3.05, 3.63) is 0 Å². The maximum Gasteiger partial charge on any atom is 0.316 e. The number of hydrogen-bond acceptors (Lipinski definition) is 1. The standard InChI is InChI=1S/C10H22N2O/c1-10(2,3)7-6-8-11-9(13)12(4)5/h6-8H2,1-5H3,(H,11,13). The molecule has 13 heavy (non-hydrogen) atoms. The lowest BCUT2D eigenvalue weighted by Crippen LogP contribution is -2.35.